The largest absolute Gasteiger partial charge is 0.321 e. The molecular formula is C15H12N6. The third-order valence-corrected chi connectivity index (χ3v) is 3.75. The van der Waals surface area contributed by atoms with Crippen LogP contribution in [0.15, 0.2) is 24.8 Å². The Balaban J connectivity index is 2.03. The zero-order valence-corrected chi connectivity index (χ0v) is 11.5. The van der Waals surface area contributed by atoms with Crippen molar-refractivity contribution in [1.82, 2.24) is 24.5 Å². The Bertz CT molecular complexity index is 885. The number of nitrogens with zero attached hydrogens (tertiary/aromatic N) is 6. The first-order chi connectivity index (χ1) is 10.3. The molecule has 6 heteroatoms. The maximum Gasteiger partial charge on any atom is 0.144 e. The van der Waals surface area contributed by atoms with Gasteiger partial charge in [-0.1, -0.05) is 0 Å². The van der Waals surface area contributed by atoms with Gasteiger partial charge in [0.25, 0.3) is 0 Å². The van der Waals surface area contributed by atoms with Gasteiger partial charge in [0.2, 0.25) is 0 Å². The van der Waals surface area contributed by atoms with Crippen molar-refractivity contribution in [2.24, 2.45) is 0 Å². The van der Waals surface area contributed by atoms with Gasteiger partial charge < -0.3 is 4.57 Å². The van der Waals surface area contributed by atoms with E-state index in [-0.39, 0.29) is 0 Å². The summed E-state index contributed by atoms with van der Waals surface area (Å²) in [5.41, 5.74) is 4.01. The molecule has 0 radical (unpaired) electrons. The fourth-order valence-corrected chi connectivity index (χ4v) is 2.56. The van der Waals surface area contributed by atoms with Crippen LogP contribution in [0.5, 0.6) is 0 Å². The summed E-state index contributed by atoms with van der Waals surface area (Å²) >= 11 is 0. The topological polar surface area (TPSA) is 80.3 Å². The van der Waals surface area contributed by atoms with Gasteiger partial charge in [-0.3, -0.25) is 0 Å². The van der Waals surface area contributed by atoms with Crippen molar-refractivity contribution in [1.29, 1.82) is 5.26 Å². The smallest absolute Gasteiger partial charge is 0.144 e. The van der Waals surface area contributed by atoms with Crippen LogP contribution in [0.3, 0.4) is 0 Å². The molecule has 3 heterocycles. The van der Waals surface area contributed by atoms with Crippen LogP contribution in [-0.4, -0.2) is 24.5 Å². The fourth-order valence-electron chi connectivity index (χ4n) is 2.56. The lowest BCUT2D eigenvalue weighted by molar-refractivity contribution is 0.773. The van der Waals surface area contributed by atoms with Crippen LogP contribution in [0.2, 0.25) is 0 Å². The van der Waals surface area contributed by atoms with Crippen molar-refractivity contribution in [3.05, 3.63) is 36.2 Å². The lowest BCUT2D eigenvalue weighted by Crippen LogP contribution is -2.00. The highest BCUT2D eigenvalue weighted by Crippen LogP contribution is 2.41. The number of fused-ring (bicyclic) bond motifs is 1. The quantitative estimate of drug-likeness (QED) is 0.718. The lowest BCUT2D eigenvalue weighted by atomic mass is 10.2. The highest BCUT2D eigenvalue weighted by Gasteiger charge is 2.29. The van der Waals surface area contributed by atoms with Crippen LogP contribution in [0.25, 0.3) is 22.4 Å². The zero-order chi connectivity index (χ0) is 14.4. The molecule has 1 fully saturated rings. The summed E-state index contributed by atoms with van der Waals surface area (Å²) in [6.07, 6.45) is 7.26. The molecule has 1 saturated carbocycles. The first-order valence-corrected chi connectivity index (χ1v) is 6.83. The van der Waals surface area contributed by atoms with Gasteiger partial charge in [0.05, 0.1) is 23.0 Å². The minimum atomic E-state index is 0.414. The van der Waals surface area contributed by atoms with E-state index in [4.69, 9.17) is 10.2 Å². The van der Waals surface area contributed by atoms with Crippen molar-refractivity contribution in [2.75, 3.05) is 0 Å². The third-order valence-electron chi connectivity index (χ3n) is 3.75. The molecule has 0 aromatic carbocycles. The zero-order valence-electron chi connectivity index (χ0n) is 11.5. The maximum absolute atomic E-state index is 9.05. The molecule has 0 saturated heterocycles. The molecule has 3 aromatic rings. The van der Waals surface area contributed by atoms with Gasteiger partial charge in [0.15, 0.2) is 0 Å². The number of nitriles is 1. The Hall–Kier alpha value is -2.81. The normalized spacial score (nSPS) is 14.3. The molecule has 102 valence electrons. The van der Waals surface area contributed by atoms with Gasteiger partial charge in [-0.2, -0.15) is 5.26 Å². The first kappa shape index (κ1) is 12.0. The second-order valence-corrected chi connectivity index (χ2v) is 5.23. The van der Waals surface area contributed by atoms with Crippen molar-refractivity contribution < 1.29 is 0 Å². The fraction of sp³-hybridized carbons (Fsp3) is 0.267. The Morgan fingerprint density at radius 1 is 1.29 bits per heavy atom. The van der Waals surface area contributed by atoms with E-state index >= 15 is 0 Å². The van der Waals surface area contributed by atoms with E-state index in [0.717, 1.165) is 41.0 Å². The van der Waals surface area contributed by atoms with Crippen LogP contribution in [0.1, 0.15) is 30.3 Å². The SMILES string of the molecule is Cc1ncncc1-c1nc2cnc(C#N)cc2n1C1CC1. The standard InChI is InChI=1S/C15H12N6/c1-9-12(6-17-8-19-9)15-20-13-7-18-10(5-16)4-14(13)21(15)11-2-3-11/h4,6-8,11H,2-3H2,1H3. The summed E-state index contributed by atoms with van der Waals surface area (Å²) in [6.45, 7) is 1.95. The van der Waals surface area contributed by atoms with E-state index in [1.165, 1.54) is 6.33 Å². The highest BCUT2D eigenvalue weighted by atomic mass is 15.1. The van der Waals surface area contributed by atoms with Crippen LogP contribution in [0, 0.1) is 18.3 Å². The Morgan fingerprint density at radius 3 is 2.86 bits per heavy atom. The minimum absolute atomic E-state index is 0.414. The molecule has 3 aromatic heterocycles. The molecule has 0 unspecified atom stereocenters. The van der Waals surface area contributed by atoms with Gasteiger partial charge >= 0.3 is 0 Å². The highest BCUT2D eigenvalue weighted by molar-refractivity contribution is 5.81. The van der Waals surface area contributed by atoms with Crippen molar-refractivity contribution in [3.8, 4) is 17.5 Å². The van der Waals surface area contributed by atoms with E-state index < -0.39 is 0 Å². The molecule has 6 nitrogen and oxygen atoms in total. The van der Waals surface area contributed by atoms with E-state index in [1.54, 1.807) is 12.4 Å². The summed E-state index contributed by atoms with van der Waals surface area (Å²) in [6, 6.07) is 4.34. The van der Waals surface area contributed by atoms with Crippen molar-refractivity contribution >= 4 is 11.0 Å². The van der Waals surface area contributed by atoms with E-state index in [1.807, 2.05) is 13.0 Å². The van der Waals surface area contributed by atoms with Gasteiger partial charge in [0, 0.05) is 18.3 Å². The second kappa shape index (κ2) is 4.35. The summed E-state index contributed by atoms with van der Waals surface area (Å²) in [4.78, 5) is 17.2. The molecule has 0 N–H and O–H groups in total. The molecule has 1 aliphatic rings. The molecule has 4 rings (SSSR count). The van der Waals surface area contributed by atoms with Crippen molar-refractivity contribution in [3.63, 3.8) is 0 Å². The Kier molecular flexibility index (Phi) is 2.48. The molecule has 0 amide bonds. The Morgan fingerprint density at radius 2 is 2.14 bits per heavy atom. The van der Waals surface area contributed by atoms with Gasteiger partial charge in [0.1, 0.15) is 29.4 Å². The van der Waals surface area contributed by atoms with Crippen LogP contribution in [-0.2, 0) is 0 Å². The number of pyridine rings is 1. The second-order valence-electron chi connectivity index (χ2n) is 5.23. The first-order valence-electron chi connectivity index (χ1n) is 6.83. The van der Waals surface area contributed by atoms with Crippen LogP contribution < -0.4 is 0 Å². The molecule has 0 spiro atoms. The molecule has 21 heavy (non-hydrogen) atoms. The molecule has 1 aliphatic carbocycles. The average Bonchev–Trinajstić information content (AvgIpc) is 3.27. The van der Waals surface area contributed by atoms with Crippen LogP contribution >= 0.6 is 0 Å². The summed E-state index contributed by atoms with van der Waals surface area (Å²) < 4.78 is 2.20. The average molecular weight is 276 g/mol. The maximum atomic E-state index is 9.05. The van der Waals surface area contributed by atoms with Crippen LogP contribution in [0.4, 0.5) is 0 Å². The number of hydrogen-bond acceptors (Lipinski definition) is 5. The number of aryl methyl sites for hydroxylation is 1. The van der Waals surface area contributed by atoms with Gasteiger partial charge in [-0.15, -0.1) is 0 Å². The minimum Gasteiger partial charge on any atom is -0.321 e. The molecule has 0 atom stereocenters. The third kappa shape index (κ3) is 1.86. The predicted octanol–water partition coefficient (Wildman–Crippen LogP) is 2.40. The Labute approximate surface area is 121 Å². The monoisotopic (exact) mass is 276 g/mol. The van der Waals surface area contributed by atoms with Gasteiger partial charge in [-0.25, -0.2) is 19.9 Å². The van der Waals surface area contributed by atoms with E-state index in [2.05, 4.69) is 25.6 Å². The predicted molar refractivity (Wildman–Crippen MR) is 76.3 cm³/mol. The van der Waals surface area contributed by atoms with E-state index in [9.17, 15) is 0 Å². The number of hydrogen-bond donors (Lipinski definition) is 0. The summed E-state index contributed by atoms with van der Waals surface area (Å²) in [5.74, 6) is 0.863. The lowest BCUT2D eigenvalue weighted by Gasteiger charge is -2.08. The summed E-state index contributed by atoms with van der Waals surface area (Å²) in [5, 5.41) is 9.05. The van der Waals surface area contributed by atoms with E-state index in [0.29, 0.717) is 11.7 Å². The summed E-state index contributed by atoms with van der Waals surface area (Å²) in [7, 11) is 0. The number of rotatable bonds is 2. The number of aromatic nitrogens is 5. The molecular weight excluding hydrogens is 264 g/mol. The van der Waals surface area contributed by atoms with Crippen molar-refractivity contribution in [2.45, 2.75) is 25.8 Å². The molecule has 0 aliphatic heterocycles. The molecule has 0 bridgehead atoms. The number of imidazole rings is 1. The van der Waals surface area contributed by atoms with Gasteiger partial charge in [-0.05, 0) is 19.8 Å².